The van der Waals surface area contributed by atoms with Crippen molar-refractivity contribution in [1.82, 2.24) is 9.62 Å². The van der Waals surface area contributed by atoms with Crippen LogP contribution in [0, 0.1) is 12.3 Å². The number of nitrogens with zero attached hydrogens (tertiary/aromatic N) is 1. The van der Waals surface area contributed by atoms with Crippen molar-refractivity contribution in [2.45, 2.75) is 44.6 Å². The molecule has 7 heteroatoms. The summed E-state index contributed by atoms with van der Waals surface area (Å²) in [6, 6.07) is 5.16. The standard InChI is InChI=1S/C17H26N2O3S.ClH/c1-13(2)22-16-5-4-15(10-14(16)3)23(20,21)19-9-7-17(12-19)6-8-18-11-17;/h4-5,10,13,18H,6-9,11-12H2,1-3H3;1H. The van der Waals surface area contributed by atoms with E-state index in [0.717, 1.165) is 37.2 Å². The van der Waals surface area contributed by atoms with E-state index in [-0.39, 0.29) is 23.9 Å². The Morgan fingerprint density at radius 2 is 2.04 bits per heavy atom. The fourth-order valence-electron chi connectivity index (χ4n) is 3.56. The van der Waals surface area contributed by atoms with E-state index in [1.807, 2.05) is 20.8 Å². The zero-order valence-electron chi connectivity index (χ0n) is 14.5. The van der Waals surface area contributed by atoms with Crippen LogP contribution in [0.2, 0.25) is 0 Å². The van der Waals surface area contributed by atoms with Gasteiger partial charge in [-0.3, -0.25) is 0 Å². The zero-order chi connectivity index (χ0) is 16.7. The van der Waals surface area contributed by atoms with Crippen LogP contribution in [0.3, 0.4) is 0 Å². The summed E-state index contributed by atoms with van der Waals surface area (Å²) in [5.41, 5.74) is 0.999. The van der Waals surface area contributed by atoms with E-state index < -0.39 is 10.0 Å². The lowest BCUT2D eigenvalue weighted by atomic mass is 9.87. The molecule has 0 bridgehead atoms. The van der Waals surface area contributed by atoms with Crippen LogP contribution in [0.25, 0.3) is 0 Å². The molecular formula is C17H27ClN2O3S. The number of ether oxygens (including phenoxy) is 1. The smallest absolute Gasteiger partial charge is 0.243 e. The Morgan fingerprint density at radius 1 is 1.29 bits per heavy atom. The van der Waals surface area contributed by atoms with Crippen LogP contribution in [0.1, 0.15) is 32.3 Å². The average Bonchev–Trinajstić information content (AvgIpc) is 3.12. The van der Waals surface area contributed by atoms with E-state index in [1.54, 1.807) is 22.5 Å². The van der Waals surface area contributed by atoms with Gasteiger partial charge in [0.15, 0.2) is 0 Å². The summed E-state index contributed by atoms with van der Waals surface area (Å²) in [6.45, 7) is 8.99. The Bertz CT molecular complexity index is 685. The van der Waals surface area contributed by atoms with Crippen molar-refractivity contribution in [3.05, 3.63) is 23.8 Å². The van der Waals surface area contributed by atoms with Crippen molar-refractivity contribution in [3.8, 4) is 5.75 Å². The monoisotopic (exact) mass is 374 g/mol. The summed E-state index contributed by atoms with van der Waals surface area (Å²) in [5.74, 6) is 0.747. The summed E-state index contributed by atoms with van der Waals surface area (Å²) in [5, 5.41) is 3.36. The molecule has 0 radical (unpaired) electrons. The van der Waals surface area contributed by atoms with Crippen molar-refractivity contribution < 1.29 is 13.2 Å². The van der Waals surface area contributed by atoms with Gasteiger partial charge < -0.3 is 10.1 Å². The van der Waals surface area contributed by atoms with E-state index >= 15 is 0 Å². The summed E-state index contributed by atoms with van der Waals surface area (Å²) < 4.78 is 33.2. The van der Waals surface area contributed by atoms with Crippen LogP contribution in [-0.4, -0.2) is 45.0 Å². The third kappa shape index (κ3) is 3.72. The first-order valence-electron chi connectivity index (χ1n) is 8.31. The second-order valence-corrected chi connectivity index (χ2v) is 9.05. The minimum Gasteiger partial charge on any atom is -0.491 e. The van der Waals surface area contributed by atoms with Crippen molar-refractivity contribution in [1.29, 1.82) is 0 Å². The van der Waals surface area contributed by atoms with Crippen LogP contribution in [-0.2, 0) is 10.0 Å². The molecule has 3 rings (SSSR count). The quantitative estimate of drug-likeness (QED) is 0.880. The van der Waals surface area contributed by atoms with Gasteiger partial charge in [-0.25, -0.2) is 8.42 Å². The highest BCUT2D eigenvalue weighted by Gasteiger charge is 2.44. The lowest BCUT2D eigenvalue weighted by Gasteiger charge is -2.23. The Morgan fingerprint density at radius 3 is 2.62 bits per heavy atom. The second-order valence-electron chi connectivity index (χ2n) is 7.11. The fraction of sp³-hybridized carbons (Fsp3) is 0.647. The highest BCUT2D eigenvalue weighted by atomic mass is 35.5. The van der Waals surface area contributed by atoms with Gasteiger partial charge in [-0.15, -0.1) is 12.4 Å². The van der Waals surface area contributed by atoms with Gasteiger partial charge in [-0.05, 0) is 69.3 Å². The van der Waals surface area contributed by atoms with E-state index in [9.17, 15) is 8.42 Å². The average molecular weight is 375 g/mol. The summed E-state index contributed by atoms with van der Waals surface area (Å²) >= 11 is 0. The van der Waals surface area contributed by atoms with Gasteiger partial charge in [0.25, 0.3) is 0 Å². The molecule has 1 atom stereocenters. The van der Waals surface area contributed by atoms with Crippen LogP contribution in [0.5, 0.6) is 5.75 Å². The molecule has 0 aliphatic carbocycles. The molecule has 0 amide bonds. The first kappa shape index (κ1) is 19.5. The number of rotatable bonds is 4. The van der Waals surface area contributed by atoms with Gasteiger partial charge in [-0.1, -0.05) is 0 Å². The Hall–Kier alpha value is -0.820. The van der Waals surface area contributed by atoms with Crippen molar-refractivity contribution in [2.75, 3.05) is 26.2 Å². The van der Waals surface area contributed by atoms with Crippen LogP contribution >= 0.6 is 12.4 Å². The fourth-order valence-corrected chi connectivity index (χ4v) is 5.20. The first-order chi connectivity index (χ1) is 10.8. The SMILES string of the molecule is Cc1cc(S(=O)(=O)N2CCC3(CCNC3)C2)ccc1OC(C)C.Cl. The zero-order valence-corrected chi connectivity index (χ0v) is 16.2. The minimum atomic E-state index is -3.42. The molecule has 1 unspecified atom stereocenters. The predicted octanol–water partition coefficient (Wildman–Crippen LogP) is 2.58. The van der Waals surface area contributed by atoms with Gasteiger partial charge >= 0.3 is 0 Å². The van der Waals surface area contributed by atoms with Crippen LogP contribution in [0.4, 0.5) is 0 Å². The molecule has 1 N–H and O–H groups in total. The topological polar surface area (TPSA) is 58.6 Å². The Labute approximate surface area is 151 Å². The summed E-state index contributed by atoms with van der Waals surface area (Å²) in [7, 11) is -3.42. The van der Waals surface area contributed by atoms with Gasteiger partial charge in [-0.2, -0.15) is 4.31 Å². The Kier molecular flexibility index (Phi) is 5.85. The Balaban J connectivity index is 0.00000208. The molecule has 2 heterocycles. The van der Waals surface area contributed by atoms with Crippen molar-refractivity contribution in [2.24, 2.45) is 5.41 Å². The summed E-state index contributed by atoms with van der Waals surface area (Å²) in [6.07, 6.45) is 2.09. The predicted molar refractivity (Wildman–Crippen MR) is 97.5 cm³/mol. The number of benzene rings is 1. The molecule has 1 spiro atoms. The highest BCUT2D eigenvalue weighted by molar-refractivity contribution is 7.89. The number of hydrogen-bond donors (Lipinski definition) is 1. The van der Waals surface area contributed by atoms with Crippen LogP contribution in [0.15, 0.2) is 23.1 Å². The molecule has 2 fully saturated rings. The summed E-state index contributed by atoms with van der Waals surface area (Å²) in [4.78, 5) is 0.370. The van der Waals surface area contributed by atoms with E-state index in [2.05, 4.69) is 5.32 Å². The molecule has 136 valence electrons. The molecule has 0 aromatic heterocycles. The maximum Gasteiger partial charge on any atom is 0.243 e. The molecule has 1 aromatic carbocycles. The van der Waals surface area contributed by atoms with Gasteiger partial charge in [0.1, 0.15) is 5.75 Å². The second kappa shape index (κ2) is 7.20. The molecule has 0 saturated carbocycles. The molecule has 1 aromatic rings. The molecule has 2 aliphatic rings. The molecule has 5 nitrogen and oxygen atoms in total. The van der Waals surface area contributed by atoms with Crippen molar-refractivity contribution in [3.63, 3.8) is 0 Å². The molecule has 2 aliphatic heterocycles. The number of halogens is 1. The third-order valence-electron chi connectivity index (χ3n) is 4.88. The van der Waals surface area contributed by atoms with Crippen molar-refractivity contribution >= 4 is 22.4 Å². The lowest BCUT2D eigenvalue weighted by molar-refractivity contribution is 0.240. The highest BCUT2D eigenvalue weighted by Crippen LogP contribution is 2.38. The molecule has 24 heavy (non-hydrogen) atoms. The van der Waals surface area contributed by atoms with E-state index in [1.165, 1.54) is 0 Å². The number of hydrogen-bond acceptors (Lipinski definition) is 4. The van der Waals surface area contributed by atoms with E-state index in [4.69, 9.17) is 4.74 Å². The van der Waals surface area contributed by atoms with Gasteiger partial charge in [0.2, 0.25) is 10.0 Å². The molecule has 2 saturated heterocycles. The van der Waals surface area contributed by atoms with Gasteiger partial charge in [0, 0.05) is 19.6 Å². The number of aryl methyl sites for hydroxylation is 1. The normalized spacial score (nSPS) is 24.5. The van der Waals surface area contributed by atoms with E-state index in [0.29, 0.717) is 18.0 Å². The number of sulfonamides is 1. The van der Waals surface area contributed by atoms with Crippen LogP contribution < -0.4 is 10.1 Å². The number of nitrogens with one attached hydrogen (secondary N) is 1. The largest absolute Gasteiger partial charge is 0.491 e. The lowest BCUT2D eigenvalue weighted by Crippen LogP contribution is -2.33. The maximum absolute atomic E-state index is 12.9. The first-order valence-corrected chi connectivity index (χ1v) is 9.75. The third-order valence-corrected chi connectivity index (χ3v) is 6.72. The maximum atomic E-state index is 12.9. The minimum absolute atomic E-state index is 0. The molecular weight excluding hydrogens is 348 g/mol. The van der Waals surface area contributed by atoms with Gasteiger partial charge in [0.05, 0.1) is 11.0 Å².